The molecule has 0 aromatic carbocycles. The number of ether oxygens (including phenoxy) is 1. The molecule has 0 spiro atoms. The number of carbonyl (C=O) groups is 1. The van der Waals surface area contributed by atoms with Crippen LogP contribution < -0.4 is 0 Å². The van der Waals surface area contributed by atoms with Crippen molar-refractivity contribution in [3.05, 3.63) is 0 Å². The normalized spacial score (nSPS) is 29.5. The number of morpholine rings is 1. The van der Waals surface area contributed by atoms with Crippen LogP contribution in [0.1, 0.15) is 13.3 Å². The molecule has 1 unspecified atom stereocenters. The van der Waals surface area contributed by atoms with Gasteiger partial charge in [-0.3, -0.25) is 9.69 Å². The monoisotopic (exact) mass is 198 g/mol. The van der Waals surface area contributed by atoms with Gasteiger partial charge in [-0.1, -0.05) is 0 Å². The summed E-state index contributed by atoms with van der Waals surface area (Å²) in [4.78, 5) is 15.6. The minimum atomic E-state index is 0.209. The van der Waals surface area contributed by atoms with E-state index in [4.69, 9.17) is 4.74 Å². The lowest BCUT2D eigenvalue weighted by atomic mass is 10.2. The first-order valence-corrected chi connectivity index (χ1v) is 5.34. The molecule has 1 amide bonds. The van der Waals surface area contributed by atoms with Crippen LogP contribution in [0.25, 0.3) is 0 Å². The molecule has 14 heavy (non-hydrogen) atoms. The third-order valence-corrected chi connectivity index (χ3v) is 3.17. The number of rotatable bonds is 1. The van der Waals surface area contributed by atoms with E-state index in [1.807, 2.05) is 4.90 Å². The van der Waals surface area contributed by atoms with Crippen molar-refractivity contribution >= 4 is 5.91 Å². The van der Waals surface area contributed by atoms with Crippen LogP contribution in [-0.4, -0.2) is 61.1 Å². The highest BCUT2D eigenvalue weighted by Crippen LogP contribution is 2.16. The van der Waals surface area contributed by atoms with Crippen molar-refractivity contribution < 1.29 is 9.53 Å². The summed E-state index contributed by atoms with van der Waals surface area (Å²) in [5.41, 5.74) is 0. The first-order valence-electron chi connectivity index (χ1n) is 5.34. The Morgan fingerprint density at radius 3 is 2.57 bits per heavy atom. The molecule has 1 atom stereocenters. The van der Waals surface area contributed by atoms with Gasteiger partial charge in [-0.05, 0) is 6.42 Å². The standard InChI is InChI=1S/C10H18N2O2/c1-9(13)12-3-2-10(8-12)11-4-6-14-7-5-11/h10H,2-8H2,1H3. The molecule has 0 aromatic heterocycles. The lowest BCUT2D eigenvalue weighted by Gasteiger charge is -2.31. The maximum atomic E-state index is 11.2. The maximum Gasteiger partial charge on any atom is 0.219 e. The number of carbonyl (C=O) groups excluding carboxylic acids is 1. The summed E-state index contributed by atoms with van der Waals surface area (Å²) in [6.07, 6.45) is 1.12. The highest BCUT2D eigenvalue weighted by atomic mass is 16.5. The van der Waals surface area contributed by atoms with Crippen LogP contribution in [0.2, 0.25) is 0 Å². The van der Waals surface area contributed by atoms with Crippen LogP contribution >= 0.6 is 0 Å². The molecule has 0 N–H and O–H groups in total. The summed E-state index contributed by atoms with van der Waals surface area (Å²) >= 11 is 0. The van der Waals surface area contributed by atoms with Crippen molar-refractivity contribution in [1.82, 2.24) is 9.80 Å². The van der Waals surface area contributed by atoms with E-state index >= 15 is 0 Å². The van der Waals surface area contributed by atoms with E-state index in [0.29, 0.717) is 6.04 Å². The first-order chi connectivity index (χ1) is 6.77. The van der Waals surface area contributed by atoms with Gasteiger partial charge in [0.2, 0.25) is 5.91 Å². The van der Waals surface area contributed by atoms with Crippen molar-refractivity contribution in [2.45, 2.75) is 19.4 Å². The zero-order chi connectivity index (χ0) is 9.97. The second kappa shape index (κ2) is 4.28. The zero-order valence-corrected chi connectivity index (χ0v) is 8.74. The molecule has 2 heterocycles. The molecule has 0 saturated carbocycles. The highest BCUT2D eigenvalue weighted by Gasteiger charge is 2.29. The van der Waals surface area contributed by atoms with Gasteiger partial charge >= 0.3 is 0 Å². The highest BCUT2D eigenvalue weighted by molar-refractivity contribution is 5.73. The topological polar surface area (TPSA) is 32.8 Å². The number of hydrogen-bond donors (Lipinski definition) is 0. The minimum Gasteiger partial charge on any atom is -0.379 e. The van der Waals surface area contributed by atoms with Gasteiger partial charge in [0.25, 0.3) is 0 Å². The fourth-order valence-electron chi connectivity index (χ4n) is 2.27. The average molecular weight is 198 g/mol. The SMILES string of the molecule is CC(=O)N1CCC(N2CCOCC2)C1. The van der Waals surface area contributed by atoms with Gasteiger partial charge in [-0.15, -0.1) is 0 Å². The van der Waals surface area contributed by atoms with Crippen LogP contribution in [-0.2, 0) is 9.53 Å². The Kier molecular flexibility index (Phi) is 3.03. The second-order valence-corrected chi connectivity index (χ2v) is 4.06. The van der Waals surface area contributed by atoms with E-state index in [1.165, 1.54) is 0 Å². The smallest absolute Gasteiger partial charge is 0.219 e. The third-order valence-electron chi connectivity index (χ3n) is 3.17. The van der Waals surface area contributed by atoms with Crippen LogP contribution in [0, 0.1) is 0 Å². The van der Waals surface area contributed by atoms with Crippen molar-refractivity contribution in [2.75, 3.05) is 39.4 Å². The van der Waals surface area contributed by atoms with Gasteiger partial charge in [0.05, 0.1) is 13.2 Å². The van der Waals surface area contributed by atoms with Gasteiger partial charge < -0.3 is 9.64 Å². The zero-order valence-electron chi connectivity index (χ0n) is 8.74. The Morgan fingerprint density at radius 2 is 2.00 bits per heavy atom. The summed E-state index contributed by atoms with van der Waals surface area (Å²) in [6.45, 7) is 7.23. The Bertz CT molecular complexity index is 214. The maximum absolute atomic E-state index is 11.2. The molecule has 0 bridgehead atoms. The molecule has 0 aromatic rings. The summed E-state index contributed by atoms with van der Waals surface area (Å²) in [5, 5.41) is 0. The molecule has 2 rings (SSSR count). The van der Waals surface area contributed by atoms with Crippen molar-refractivity contribution in [3.63, 3.8) is 0 Å². The van der Waals surface area contributed by atoms with E-state index in [-0.39, 0.29) is 5.91 Å². The average Bonchev–Trinajstić information content (AvgIpc) is 2.68. The van der Waals surface area contributed by atoms with E-state index in [0.717, 1.165) is 45.8 Å². The Balaban J connectivity index is 1.85. The van der Waals surface area contributed by atoms with Gasteiger partial charge in [-0.25, -0.2) is 0 Å². The Hall–Kier alpha value is -0.610. The minimum absolute atomic E-state index is 0.209. The third kappa shape index (κ3) is 2.07. The van der Waals surface area contributed by atoms with Crippen LogP contribution in [0.4, 0.5) is 0 Å². The number of nitrogens with zero attached hydrogens (tertiary/aromatic N) is 2. The van der Waals surface area contributed by atoms with E-state index in [9.17, 15) is 4.79 Å². The predicted octanol–water partition coefficient (Wildman–Crippen LogP) is -0.0606. The fraction of sp³-hybridized carbons (Fsp3) is 0.900. The van der Waals surface area contributed by atoms with Gasteiger partial charge in [0.1, 0.15) is 0 Å². The summed E-state index contributed by atoms with van der Waals surface area (Å²) < 4.78 is 5.31. The first kappa shape index (κ1) is 9.93. The van der Waals surface area contributed by atoms with Crippen LogP contribution in [0.3, 0.4) is 0 Å². The van der Waals surface area contributed by atoms with E-state index < -0.39 is 0 Å². The molecular formula is C10H18N2O2. The quantitative estimate of drug-likeness (QED) is 0.592. The lowest BCUT2D eigenvalue weighted by molar-refractivity contribution is -0.128. The fourth-order valence-corrected chi connectivity index (χ4v) is 2.27. The molecule has 2 aliphatic heterocycles. The van der Waals surface area contributed by atoms with Gasteiger partial charge in [0.15, 0.2) is 0 Å². The van der Waals surface area contributed by atoms with Gasteiger partial charge in [0, 0.05) is 39.1 Å². The van der Waals surface area contributed by atoms with E-state index in [2.05, 4.69) is 4.90 Å². The molecule has 2 saturated heterocycles. The summed E-state index contributed by atoms with van der Waals surface area (Å²) in [6, 6.07) is 0.572. The lowest BCUT2D eigenvalue weighted by Crippen LogP contribution is -2.45. The van der Waals surface area contributed by atoms with Crippen LogP contribution in [0.5, 0.6) is 0 Å². The van der Waals surface area contributed by atoms with Crippen molar-refractivity contribution in [1.29, 1.82) is 0 Å². The Morgan fingerprint density at radius 1 is 1.29 bits per heavy atom. The number of amides is 1. The molecule has 2 fully saturated rings. The Labute approximate surface area is 84.8 Å². The van der Waals surface area contributed by atoms with Crippen molar-refractivity contribution in [3.8, 4) is 0 Å². The van der Waals surface area contributed by atoms with Gasteiger partial charge in [-0.2, -0.15) is 0 Å². The predicted molar refractivity (Wildman–Crippen MR) is 53.1 cm³/mol. The molecule has 0 aliphatic carbocycles. The molecule has 80 valence electrons. The van der Waals surface area contributed by atoms with Crippen molar-refractivity contribution in [2.24, 2.45) is 0 Å². The van der Waals surface area contributed by atoms with E-state index in [1.54, 1.807) is 6.92 Å². The van der Waals surface area contributed by atoms with Crippen LogP contribution in [0.15, 0.2) is 0 Å². The number of likely N-dealkylation sites (tertiary alicyclic amines) is 1. The summed E-state index contributed by atoms with van der Waals surface area (Å²) in [7, 11) is 0. The number of hydrogen-bond acceptors (Lipinski definition) is 3. The molecule has 2 aliphatic rings. The molecule has 0 radical (unpaired) electrons. The molecular weight excluding hydrogens is 180 g/mol. The molecule has 4 nitrogen and oxygen atoms in total. The molecule has 4 heteroatoms. The second-order valence-electron chi connectivity index (χ2n) is 4.06. The summed E-state index contributed by atoms with van der Waals surface area (Å²) in [5.74, 6) is 0.209. The largest absolute Gasteiger partial charge is 0.379 e.